The molecule has 0 aliphatic carbocycles. The second-order valence-corrected chi connectivity index (χ2v) is 6.29. The van der Waals surface area contributed by atoms with Gasteiger partial charge in [-0.3, -0.25) is 4.90 Å². The van der Waals surface area contributed by atoms with Gasteiger partial charge in [0, 0.05) is 16.1 Å². The highest BCUT2D eigenvalue weighted by atomic mass is 32.1. The maximum Gasteiger partial charge on any atom is 0.116 e. The van der Waals surface area contributed by atoms with Crippen molar-refractivity contribution < 1.29 is 5.11 Å². The molecular weight excluding hydrogens is 242 g/mol. The first-order chi connectivity index (χ1) is 8.81. The zero-order chi connectivity index (χ0) is 12.4. The van der Waals surface area contributed by atoms with Crippen molar-refractivity contribution >= 4 is 21.4 Å². The second kappa shape index (κ2) is 5.29. The van der Waals surface area contributed by atoms with Gasteiger partial charge in [-0.2, -0.15) is 0 Å². The Bertz CT molecular complexity index is 526. The number of hydrogen-bond acceptors (Lipinski definition) is 3. The molecule has 0 saturated carbocycles. The molecule has 1 aliphatic rings. The maximum atomic E-state index is 9.49. The molecule has 0 bridgehead atoms. The van der Waals surface area contributed by atoms with Gasteiger partial charge < -0.3 is 5.11 Å². The van der Waals surface area contributed by atoms with Gasteiger partial charge in [0.15, 0.2) is 0 Å². The first kappa shape index (κ1) is 12.0. The van der Waals surface area contributed by atoms with Crippen LogP contribution in [0.25, 0.3) is 10.1 Å². The van der Waals surface area contributed by atoms with Gasteiger partial charge in [-0.25, -0.2) is 0 Å². The fourth-order valence-electron chi connectivity index (χ4n) is 2.68. The quantitative estimate of drug-likeness (QED) is 0.883. The lowest BCUT2D eigenvalue weighted by Gasteiger charge is -2.18. The van der Waals surface area contributed by atoms with Gasteiger partial charge in [-0.05, 0) is 55.6 Å². The normalized spacial score (nSPS) is 18.0. The Morgan fingerprint density at radius 1 is 1.06 bits per heavy atom. The minimum absolute atomic E-state index is 0.363. The number of phenolic OH excluding ortho intramolecular Hbond substituents is 1. The van der Waals surface area contributed by atoms with Gasteiger partial charge in [-0.1, -0.05) is 12.8 Å². The van der Waals surface area contributed by atoms with Crippen LogP contribution in [0.2, 0.25) is 0 Å². The first-order valence-electron chi connectivity index (χ1n) is 6.75. The Labute approximate surface area is 112 Å². The van der Waals surface area contributed by atoms with Crippen LogP contribution in [0.1, 0.15) is 30.6 Å². The molecule has 3 heteroatoms. The summed E-state index contributed by atoms with van der Waals surface area (Å²) in [5.41, 5.74) is 0. The smallest absolute Gasteiger partial charge is 0.116 e. The molecule has 0 amide bonds. The standard InChI is InChI=1S/C15H19NOS/c17-13-5-6-15-12(9-13)10-14(18-15)11-16-7-3-1-2-4-8-16/h5-6,9-10,17H,1-4,7-8,11H2. The molecule has 96 valence electrons. The molecule has 1 aliphatic heterocycles. The van der Waals surface area contributed by atoms with E-state index in [9.17, 15) is 5.11 Å². The zero-order valence-electron chi connectivity index (χ0n) is 10.6. The van der Waals surface area contributed by atoms with E-state index in [1.807, 2.05) is 23.5 Å². The molecule has 1 N–H and O–H groups in total. The van der Waals surface area contributed by atoms with Crippen LogP contribution < -0.4 is 0 Å². The predicted molar refractivity (Wildman–Crippen MR) is 77.2 cm³/mol. The number of rotatable bonds is 2. The van der Waals surface area contributed by atoms with Crippen molar-refractivity contribution in [1.29, 1.82) is 0 Å². The van der Waals surface area contributed by atoms with Crippen molar-refractivity contribution in [3.8, 4) is 5.75 Å². The molecule has 1 fully saturated rings. The van der Waals surface area contributed by atoms with Crippen LogP contribution in [0.5, 0.6) is 5.75 Å². The van der Waals surface area contributed by atoms with E-state index in [1.165, 1.54) is 53.7 Å². The molecule has 0 unspecified atom stereocenters. The molecule has 1 aromatic carbocycles. The maximum absolute atomic E-state index is 9.49. The fraction of sp³-hybridized carbons (Fsp3) is 0.467. The predicted octanol–water partition coefficient (Wildman–Crippen LogP) is 3.98. The average Bonchev–Trinajstić information content (AvgIpc) is 2.57. The monoisotopic (exact) mass is 261 g/mol. The molecule has 2 heterocycles. The summed E-state index contributed by atoms with van der Waals surface area (Å²) in [6, 6.07) is 7.87. The van der Waals surface area contributed by atoms with Crippen LogP contribution in [0.15, 0.2) is 24.3 Å². The van der Waals surface area contributed by atoms with Crippen molar-refractivity contribution in [3.63, 3.8) is 0 Å². The fourth-order valence-corrected chi connectivity index (χ4v) is 3.77. The lowest BCUT2D eigenvalue weighted by molar-refractivity contribution is 0.279. The lowest BCUT2D eigenvalue weighted by Crippen LogP contribution is -2.23. The molecule has 2 nitrogen and oxygen atoms in total. The van der Waals surface area contributed by atoms with Crippen molar-refractivity contribution in [2.45, 2.75) is 32.2 Å². The highest BCUT2D eigenvalue weighted by Crippen LogP contribution is 2.29. The number of likely N-dealkylation sites (tertiary alicyclic amines) is 1. The summed E-state index contributed by atoms with van der Waals surface area (Å²) in [6.07, 6.45) is 5.45. The molecule has 0 radical (unpaired) electrons. The zero-order valence-corrected chi connectivity index (χ0v) is 11.4. The number of fused-ring (bicyclic) bond motifs is 1. The van der Waals surface area contributed by atoms with Crippen LogP contribution in [-0.4, -0.2) is 23.1 Å². The van der Waals surface area contributed by atoms with Crippen molar-refractivity contribution in [2.24, 2.45) is 0 Å². The topological polar surface area (TPSA) is 23.5 Å². The van der Waals surface area contributed by atoms with Gasteiger partial charge in [0.05, 0.1) is 0 Å². The van der Waals surface area contributed by atoms with Gasteiger partial charge in [0.2, 0.25) is 0 Å². The Kier molecular flexibility index (Phi) is 3.52. The van der Waals surface area contributed by atoms with E-state index in [4.69, 9.17) is 0 Å². The van der Waals surface area contributed by atoms with Crippen molar-refractivity contribution in [1.82, 2.24) is 4.90 Å². The van der Waals surface area contributed by atoms with E-state index in [-0.39, 0.29) is 0 Å². The van der Waals surface area contributed by atoms with Crippen molar-refractivity contribution in [2.75, 3.05) is 13.1 Å². The van der Waals surface area contributed by atoms with E-state index in [0.717, 1.165) is 6.54 Å². The number of aromatic hydroxyl groups is 1. The van der Waals surface area contributed by atoms with Crippen LogP contribution >= 0.6 is 11.3 Å². The molecule has 1 aromatic heterocycles. The highest BCUT2D eigenvalue weighted by Gasteiger charge is 2.11. The van der Waals surface area contributed by atoms with Gasteiger partial charge in [0.1, 0.15) is 5.75 Å². The van der Waals surface area contributed by atoms with Crippen LogP contribution in [0.4, 0.5) is 0 Å². The summed E-state index contributed by atoms with van der Waals surface area (Å²) in [7, 11) is 0. The van der Waals surface area contributed by atoms with Gasteiger partial charge in [0.25, 0.3) is 0 Å². The summed E-state index contributed by atoms with van der Waals surface area (Å²) in [6.45, 7) is 3.54. The molecular formula is C15H19NOS. The highest BCUT2D eigenvalue weighted by molar-refractivity contribution is 7.19. The summed E-state index contributed by atoms with van der Waals surface area (Å²) >= 11 is 1.85. The van der Waals surface area contributed by atoms with E-state index in [0.29, 0.717) is 5.75 Å². The van der Waals surface area contributed by atoms with Crippen LogP contribution in [0.3, 0.4) is 0 Å². The third-order valence-electron chi connectivity index (χ3n) is 3.63. The van der Waals surface area contributed by atoms with E-state index in [1.54, 1.807) is 6.07 Å². The number of phenols is 1. The van der Waals surface area contributed by atoms with E-state index >= 15 is 0 Å². The van der Waals surface area contributed by atoms with Crippen LogP contribution in [0, 0.1) is 0 Å². The minimum atomic E-state index is 0.363. The molecule has 0 spiro atoms. The third-order valence-corrected chi connectivity index (χ3v) is 4.73. The van der Waals surface area contributed by atoms with E-state index < -0.39 is 0 Å². The number of benzene rings is 1. The molecule has 18 heavy (non-hydrogen) atoms. The Morgan fingerprint density at radius 3 is 2.61 bits per heavy atom. The molecule has 2 aromatic rings. The Hall–Kier alpha value is -1.06. The van der Waals surface area contributed by atoms with E-state index in [2.05, 4.69) is 11.0 Å². The number of nitrogens with zero attached hydrogens (tertiary/aromatic N) is 1. The Balaban J connectivity index is 1.77. The molecule has 3 rings (SSSR count). The summed E-state index contributed by atoms with van der Waals surface area (Å²) in [5, 5.41) is 10.7. The number of thiophene rings is 1. The first-order valence-corrected chi connectivity index (χ1v) is 7.57. The van der Waals surface area contributed by atoms with Gasteiger partial charge in [-0.15, -0.1) is 11.3 Å². The average molecular weight is 261 g/mol. The summed E-state index contributed by atoms with van der Waals surface area (Å²) in [5.74, 6) is 0.363. The van der Waals surface area contributed by atoms with Gasteiger partial charge >= 0.3 is 0 Å². The minimum Gasteiger partial charge on any atom is -0.508 e. The second-order valence-electron chi connectivity index (χ2n) is 5.13. The SMILES string of the molecule is Oc1ccc2sc(CN3CCCCCC3)cc2c1. The molecule has 1 saturated heterocycles. The summed E-state index contributed by atoms with van der Waals surface area (Å²) < 4.78 is 1.28. The van der Waals surface area contributed by atoms with Crippen molar-refractivity contribution in [3.05, 3.63) is 29.1 Å². The molecule has 0 atom stereocenters. The largest absolute Gasteiger partial charge is 0.508 e. The Morgan fingerprint density at radius 2 is 1.83 bits per heavy atom. The third kappa shape index (κ3) is 2.68. The lowest BCUT2D eigenvalue weighted by atomic mass is 10.2. The van der Waals surface area contributed by atoms with Crippen LogP contribution in [-0.2, 0) is 6.54 Å². The number of hydrogen-bond donors (Lipinski definition) is 1. The summed E-state index contributed by atoms with van der Waals surface area (Å²) in [4.78, 5) is 3.98.